The molecule has 0 saturated heterocycles. The highest BCUT2D eigenvalue weighted by molar-refractivity contribution is 5.87. The standard InChI is InChI=1S/C15H21NO3/c1-4-13(12-8-6-5-7-9-12)15(19)16(11(2)3)10-14(17)18/h5-9,11,13H,4,10H2,1-3H3,(H,17,18). The van der Waals surface area contributed by atoms with Crippen LogP contribution in [0.2, 0.25) is 0 Å². The number of benzene rings is 1. The minimum absolute atomic E-state index is 0.119. The number of hydrogen-bond donors (Lipinski definition) is 1. The highest BCUT2D eigenvalue weighted by Crippen LogP contribution is 2.22. The molecule has 19 heavy (non-hydrogen) atoms. The lowest BCUT2D eigenvalue weighted by atomic mass is 9.94. The van der Waals surface area contributed by atoms with Gasteiger partial charge in [-0.3, -0.25) is 9.59 Å². The smallest absolute Gasteiger partial charge is 0.323 e. The van der Waals surface area contributed by atoms with E-state index in [-0.39, 0.29) is 24.4 Å². The molecule has 1 N–H and O–H groups in total. The molecule has 1 unspecified atom stereocenters. The first-order valence-corrected chi connectivity index (χ1v) is 6.54. The average Bonchev–Trinajstić information content (AvgIpc) is 2.37. The molecule has 0 fully saturated rings. The maximum atomic E-state index is 12.5. The Morgan fingerprint density at radius 1 is 1.21 bits per heavy atom. The first-order valence-electron chi connectivity index (χ1n) is 6.54. The van der Waals surface area contributed by atoms with E-state index in [0.717, 1.165) is 5.56 Å². The maximum absolute atomic E-state index is 12.5. The number of aliphatic carboxylic acids is 1. The summed E-state index contributed by atoms with van der Waals surface area (Å²) in [5, 5.41) is 8.91. The first-order chi connectivity index (χ1) is 8.97. The number of carbonyl (C=O) groups is 2. The number of carboxylic acids is 1. The summed E-state index contributed by atoms with van der Waals surface area (Å²) >= 11 is 0. The maximum Gasteiger partial charge on any atom is 0.323 e. The summed E-state index contributed by atoms with van der Waals surface area (Å²) in [6, 6.07) is 9.38. The molecular formula is C15H21NO3. The lowest BCUT2D eigenvalue weighted by molar-refractivity contribution is -0.146. The van der Waals surface area contributed by atoms with Crippen molar-refractivity contribution >= 4 is 11.9 Å². The highest BCUT2D eigenvalue weighted by Gasteiger charge is 2.27. The summed E-state index contributed by atoms with van der Waals surface area (Å²) < 4.78 is 0. The van der Waals surface area contributed by atoms with E-state index in [1.165, 1.54) is 4.90 Å². The molecule has 0 spiro atoms. The van der Waals surface area contributed by atoms with Crippen molar-refractivity contribution in [1.82, 2.24) is 4.90 Å². The summed E-state index contributed by atoms with van der Waals surface area (Å²) in [4.78, 5) is 24.8. The molecule has 1 aromatic carbocycles. The van der Waals surface area contributed by atoms with Gasteiger partial charge in [0.15, 0.2) is 0 Å². The third-order valence-electron chi connectivity index (χ3n) is 3.12. The van der Waals surface area contributed by atoms with E-state index in [2.05, 4.69) is 0 Å². The van der Waals surface area contributed by atoms with Gasteiger partial charge in [-0.1, -0.05) is 37.3 Å². The van der Waals surface area contributed by atoms with E-state index in [1.54, 1.807) is 0 Å². The van der Waals surface area contributed by atoms with Gasteiger partial charge in [0.25, 0.3) is 0 Å². The largest absolute Gasteiger partial charge is 0.480 e. The predicted octanol–water partition coefficient (Wildman–Crippen LogP) is 2.50. The van der Waals surface area contributed by atoms with Gasteiger partial charge in [-0.25, -0.2) is 0 Å². The fraction of sp³-hybridized carbons (Fsp3) is 0.467. The minimum atomic E-state index is -0.982. The Labute approximate surface area is 114 Å². The number of rotatable bonds is 6. The Morgan fingerprint density at radius 3 is 2.21 bits per heavy atom. The van der Waals surface area contributed by atoms with Gasteiger partial charge in [0, 0.05) is 6.04 Å². The van der Waals surface area contributed by atoms with Gasteiger partial charge in [0.1, 0.15) is 6.54 Å². The van der Waals surface area contributed by atoms with Crippen LogP contribution in [0.25, 0.3) is 0 Å². The third kappa shape index (κ3) is 4.09. The van der Waals surface area contributed by atoms with Crippen molar-refractivity contribution in [3.63, 3.8) is 0 Å². The molecule has 4 heteroatoms. The third-order valence-corrected chi connectivity index (χ3v) is 3.12. The van der Waals surface area contributed by atoms with E-state index in [9.17, 15) is 9.59 Å². The molecule has 1 rings (SSSR count). The Morgan fingerprint density at radius 2 is 1.79 bits per heavy atom. The molecule has 0 radical (unpaired) electrons. The van der Waals surface area contributed by atoms with Crippen LogP contribution in [0.15, 0.2) is 30.3 Å². The Kier molecular flexibility index (Phi) is 5.55. The van der Waals surface area contributed by atoms with Gasteiger partial charge < -0.3 is 10.0 Å². The van der Waals surface area contributed by atoms with E-state index >= 15 is 0 Å². The number of carboxylic acid groups (broad SMARTS) is 1. The second-order valence-corrected chi connectivity index (χ2v) is 4.83. The Balaban J connectivity index is 2.96. The molecule has 0 aliphatic carbocycles. The minimum Gasteiger partial charge on any atom is -0.480 e. The van der Waals surface area contributed by atoms with Gasteiger partial charge >= 0.3 is 5.97 Å². The van der Waals surface area contributed by atoms with Crippen LogP contribution in [0.1, 0.15) is 38.7 Å². The van der Waals surface area contributed by atoms with Crippen molar-refractivity contribution in [2.45, 2.75) is 39.2 Å². The number of nitrogens with zero attached hydrogens (tertiary/aromatic N) is 1. The van der Waals surface area contributed by atoms with Gasteiger partial charge in [-0.2, -0.15) is 0 Å². The molecule has 0 saturated carbocycles. The van der Waals surface area contributed by atoms with Crippen molar-refractivity contribution in [3.8, 4) is 0 Å². The summed E-state index contributed by atoms with van der Waals surface area (Å²) in [7, 11) is 0. The molecule has 1 aromatic rings. The van der Waals surface area contributed by atoms with Gasteiger partial charge in [-0.15, -0.1) is 0 Å². The van der Waals surface area contributed by atoms with Crippen LogP contribution in [-0.4, -0.2) is 34.5 Å². The van der Waals surface area contributed by atoms with Crippen molar-refractivity contribution in [3.05, 3.63) is 35.9 Å². The molecule has 1 amide bonds. The molecular weight excluding hydrogens is 242 g/mol. The van der Waals surface area contributed by atoms with Crippen molar-refractivity contribution in [2.24, 2.45) is 0 Å². The Hall–Kier alpha value is -1.84. The molecule has 0 aliphatic heterocycles. The van der Waals surface area contributed by atoms with E-state index in [0.29, 0.717) is 6.42 Å². The molecule has 0 aromatic heterocycles. The lowest BCUT2D eigenvalue weighted by Crippen LogP contribution is -2.43. The van der Waals surface area contributed by atoms with Gasteiger partial charge in [0.2, 0.25) is 5.91 Å². The van der Waals surface area contributed by atoms with Crippen LogP contribution in [-0.2, 0) is 9.59 Å². The SMILES string of the molecule is CCC(C(=O)N(CC(=O)O)C(C)C)c1ccccc1. The molecule has 4 nitrogen and oxygen atoms in total. The second-order valence-electron chi connectivity index (χ2n) is 4.83. The van der Waals surface area contributed by atoms with E-state index < -0.39 is 5.97 Å². The topological polar surface area (TPSA) is 57.6 Å². The fourth-order valence-electron chi connectivity index (χ4n) is 2.10. The predicted molar refractivity (Wildman–Crippen MR) is 74.0 cm³/mol. The quantitative estimate of drug-likeness (QED) is 0.858. The first kappa shape index (κ1) is 15.2. The van der Waals surface area contributed by atoms with Crippen molar-refractivity contribution in [2.75, 3.05) is 6.54 Å². The monoisotopic (exact) mass is 263 g/mol. The number of amides is 1. The van der Waals surface area contributed by atoms with Gasteiger partial charge in [0.05, 0.1) is 5.92 Å². The molecule has 0 aliphatic rings. The summed E-state index contributed by atoms with van der Waals surface area (Å²) in [5.41, 5.74) is 0.936. The normalized spacial score (nSPS) is 12.2. The zero-order chi connectivity index (χ0) is 14.4. The number of hydrogen-bond acceptors (Lipinski definition) is 2. The zero-order valence-electron chi connectivity index (χ0n) is 11.7. The van der Waals surface area contributed by atoms with Crippen molar-refractivity contribution < 1.29 is 14.7 Å². The zero-order valence-corrected chi connectivity index (χ0v) is 11.7. The van der Waals surface area contributed by atoms with Crippen molar-refractivity contribution in [1.29, 1.82) is 0 Å². The summed E-state index contributed by atoms with van der Waals surface area (Å²) in [6.07, 6.45) is 0.658. The summed E-state index contributed by atoms with van der Waals surface area (Å²) in [6.45, 7) is 5.35. The lowest BCUT2D eigenvalue weighted by Gasteiger charge is -2.29. The highest BCUT2D eigenvalue weighted by atomic mass is 16.4. The van der Waals surface area contributed by atoms with Gasteiger partial charge in [-0.05, 0) is 25.8 Å². The van der Waals surface area contributed by atoms with E-state index in [1.807, 2.05) is 51.1 Å². The van der Waals surface area contributed by atoms with Crippen LogP contribution >= 0.6 is 0 Å². The summed E-state index contributed by atoms with van der Waals surface area (Å²) in [5.74, 6) is -1.38. The van der Waals surface area contributed by atoms with Crippen LogP contribution < -0.4 is 0 Å². The average molecular weight is 263 g/mol. The molecule has 1 atom stereocenters. The Bertz CT molecular complexity index is 428. The molecule has 0 heterocycles. The molecule has 104 valence electrons. The van der Waals surface area contributed by atoms with E-state index in [4.69, 9.17) is 5.11 Å². The molecule has 0 bridgehead atoms. The second kappa shape index (κ2) is 6.92. The number of carbonyl (C=O) groups excluding carboxylic acids is 1. The van der Waals surface area contributed by atoms with Crippen LogP contribution in [0, 0.1) is 0 Å². The fourth-order valence-corrected chi connectivity index (χ4v) is 2.10. The van der Waals surface area contributed by atoms with Crippen LogP contribution in [0.3, 0.4) is 0 Å². The van der Waals surface area contributed by atoms with Crippen LogP contribution in [0.4, 0.5) is 0 Å². The van der Waals surface area contributed by atoms with Crippen LogP contribution in [0.5, 0.6) is 0 Å².